The average Bonchev–Trinajstić information content (AvgIpc) is 2.91. The van der Waals surface area contributed by atoms with E-state index in [2.05, 4.69) is 5.32 Å². The summed E-state index contributed by atoms with van der Waals surface area (Å²) in [5, 5.41) is 12.7. The van der Waals surface area contributed by atoms with E-state index >= 15 is 0 Å². The number of carboxylic acid groups (broad SMARTS) is 1. The van der Waals surface area contributed by atoms with Gasteiger partial charge < -0.3 is 15.2 Å². The Balaban J connectivity index is 2.49. The maximum Gasteiger partial charge on any atom is 0.338 e. The molecule has 2 N–H and O–H groups in total. The van der Waals surface area contributed by atoms with E-state index in [0.29, 0.717) is 38.0 Å². The largest absolute Gasteiger partial charge is 0.478 e. The minimum atomic E-state index is -3.84. The zero-order chi connectivity index (χ0) is 17.0. The maximum absolute atomic E-state index is 13.0. The number of methoxy groups -OCH3 is 1. The van der Waals surface area contributed by atoms with Crippen molar-refractivity contribution in [3.05, 3.63) is 16.0 Å². The van der Waals surface area contributed by atoms with E-state index < -0.39 is 16.0 Å². The van der Waals surface area contributed by atoms with Crippen LogP contribution in [0.1, 0.15) is 34.1 Å². The summed E-state index contributed by atoms with van der Waals surface area (Å²) in [5.41, 5.74) is 0.605. The van der Waals surface area contributed by atoms with Gasteiger partial charge in [0.25, 0.3) is 10.0 Å². The van der Waals surface area contributed by atoms with Gasteiger partial charge in [0.2, 0.25) is 0 Å². The Morgan fingerprint density at radius 2 is 2.17 bits per heavy atom. The average molecular weight is 362 g/mol. The molecule has 0 aliphatic carbocycles. The van der Waals surface area contributed by atoms with Crippen LogP contribution in [0.4, 0.5) is 0 Å². The van der Waals surface area contributed by atoms with Gasteiger partial charge in [-0.2, -0.15) is 4.31 Å². The lowest BCUT2D eigenvalue weighted by molar-refractivity contribution is 0.0692. The summed E-state index contributed by atoms with van der Waals surface area (Å²) in [6.45, 7) is 3.89. The Morgan fingerprint density at radius 3 is 2.78 bits per heavy atom. The van der Waals surface area contributed by atoms with Gasteiger partial charge >= 0.3 is 5.97 Å². The lowest BCUT2D eigenvalue weighted by atomic mass is 10.1. The Labute approximate surface area is 140 Å². The van der Waals surface area contributed by atoms with Crippen molar-refractivity contribution in [2.24, 2.45) is 0 Å². The number of ether oxygens (including phenoxy) is 1. The SMILES string of the molecule is CCCN(CCOC)S(=O)(=O)c1sc2c(c1C(=O)O)CCNC2. The van der Waals surface area contributed by atoms with Crippen molar-refractivity contribution in [3.63, 3.8) is 0 Å². The fraction of sp³-hybridized carbons (Fsp3) is 0.643. The van der Waals surface area contributed by atoms with Crippen molar-refractivity contribution in [1.82, 2.24) is 9.62 Å². The molecule has 7 nitrogen and oxygen atoms in total. The molecule has 2 heterocycles. The molecular formula is C14H22N2O5S2. The fourth-order valence-corrected chi connectivity index (χ4v) is 6.14. The number of hydrogen-bond acceptors (Lipinski definition) is 6. The zero-order valence-corrected chi connectivity index (χ0v) is 14.9. The predicted molar refractivity (Wildman–Crippen MR) is 87.6 cm³/mol. The van der Waals surface area contributed by atoms with Gasteiger partial charge in [0.05, 0.1) is 12.2 Å². The Bertz CT molecular complexity index is 669. The number of hydrogen-bond donors (Lipinski definition) is 2. The van der Waals surface area contributed by atoms with E-state index in [4.69, 9.17) is 4.74 Å². The maximum atomic E-state index is 13.0. The van der Waals surface area contributed by atoms with Crippen LogP contribution >= 0.6 is 11.3 Å². The van der Waals surface area contributed by atoms with Gasteiger partial charge in [0.15, 0.2) is 0 Å². The molecule has 1 aliphatic heterocycles. The van der Waals surface area contributed by atoms with Crippen LogP contribution in [0.25, 0.3) is 0 Å². The molecule has 0 fully saturated rings. The number of nitrogens with zero attached hydrogens (tertiary/aromatic N) is 1. The summed E-state index contributed by atoms with van der Waals surface area (Å²) in [7, 11) is -2.33. The predicted octanol–water partition coefficient (Wildman–Crippen LogP) is 1.14. The molecule has 23 heavy (non-hydrogen) atoms. The van der Waals surface area contributed by atoms with Crippen LogP contribution in [0.5, 0.6) is 0 Å². The van der Waals surface area contributed by atoms with Crippen LogP contribution in [0.3, 0.4) is 0 Å². The molecule has 0 radical (unpaired) electrons. The summed E-state index contributed by atoms with van der Waals surface area (Å²) < 4.78 is 32.2. The second-order valence-electron chi connectivity index (χ2n) is 5.30. The van der Waals surface area contributed by atoms with Crippen LogP contribution in [-0.2, 0) is 27.7 Å². The van der Waals surface area contributed by atoms with Crippen molar-refractivity contribution in [1.29, 1.82) is 0 Å². The van der Waals surface area contributed by atoms with Gasteiger partial charge in [0, 0.05) is 31.6 Å². The molecule has 0 atom stereocenters. The summed E-state index contributed by atoms with van der Waals surface area (Å²) in [6, 6.07) is 0. The van der Waals surface area contributed by atoms with Gasteiger partial charge in [-0.05, 0) is 24.9 Å². The van der Waals surface area contributed by atoms with E-state index in [1.54, 1.807) is 0 Å². The molecule has 0 saturated heterocycles. The quantitative estimate of drug-likeness (QED) is 0.720. The number of carbonyl (C=O) groups is 1. The highest BCUT2D eigenvalue weighted by molar-refractivity contribution is 7.91. The first-order valence-electron chi connectivity index (χ1n) is 7.51. The molecule has 9 heteroatoms. The molecule has 2 rings (SSSR count). The molecule has 1 aliphatic rings. The number of rotatable bonds is 8. The van der Waals surface area contributed by atoms with E-state index in [-0.39, 0.29) is 22.9 Å². The van der Waals surface area contributed by atoms with Crippen molar-refractivity contribution in [2.75, 3.05) is 33.4 Å². The van der Waals surface area contributed by atoms with Crippen LogP contribution < -0.4 is 5.32 Å². The number of nitrogens with one attached hydrogen (secondary N) is 1. The normalized spacial score (nSPS) is 14.9. The summed E-state index contributed by atoms with van der Waals surface area (Å²) in [6.07, 6.45) is 1.19. The van der Waals surface area contributed by atoms with Gasteiger partial charge in [-0.3, -0.25) is 0 Å². The van der Waals surface area contributed by atoms with Gasteiger partial charge in [-0.1, -0.05) is 6.92 Å². The van der Waals surface area contributed by atoms with Crippen molar-refractivity contribution >= 4 is 27.3 Å². The minimum absolute atomic E-state index is 0.0509. The topological polar surface area (TPSA) is 95.9 Å². The smallest absolute Gasteiger partial charge is 0.338 e. The monoisotopic (exact) mass is 362 g/mol. The molecule has 130 valence electrons. The molecule has 0 spiro atoms. The van der Waals surface area contributed by atoms with Crippen molar-refractivity contribution < 1.29 is 23.1 Å². The first kappa shape index (κ1) is 18.3. The Kier molecular flexibility index (Phi) is 6.15. The third-order valence-corrected chi connectivity index (χ3v) is 7.33. The van der Waals surface area contributed by atoms with Crippen LogP contribution in [0.2, 0.25) is 0 Å². The van der Waals surface area contributed by atoms with Crippen LogP contribution in [0, 0.1) is 0 Å². The molecule has 0 saturated carbocycles. The van der Waals surface area contributed by atoms with Crippen LogP contribution in [-0.4, -0.2) is 57.1 Å². The van der Waals surface area contributed by atoms with Gasteiger partial charge in [-0.25, -0.2) is 13.2 Å². The Morgan fingerprint density at radius 1 is 1.43 bits per heavy atom. The third kappa shape index (κ3) is 3.74. The Hall–Kier alpha value is -1.00. The van der Waals surface area contributed by atoms with Crippen molar-refractivity contribution in [2.45, 2.75) is 30.5 Å². The summed E-state index contributed by atoms with van der Waals surface area (Å²) >= 11 is 1.07. The van der Waals surface area contributed by atoms with E-state index in [1.165, 1.54) is 11.4 Å². The molecular weight excluding hydrogens is 340 g/mol. The second-order valence-corrected chi connectivity index (χ2v) is 8.53. The standard InChI is InChI=1S/C14H22N2O5S2/c1-3-6-16(7-8-21-2)23(19,20)14-12(13(17)18)10-4-5-15-9-11(10)22-14/h15H,3-9H2,1-2H3,(H,17,18). The van der Waals surface area contributed by atoms with E-state index in [0.717, 1.165) is 16.2 Å². The van der Waals surface area contributed by atoms with E-state index in [9.17, 15) is 18.3 Å². The summed E-state index contributed by atoms with van der Waals surface area (Å²) in [4.78, 5) is 12.5. The highest BCUT2D eigenvalue weighted by Crippen LogP contribution is 2.36. The molecule has 0 aromatic carbocycles. The number of thiophene rings is 1. The molecule has 0 amide bonds. The molecule has 0 bridgehead atoms. The number of fused-ring (bicyclic) bond motifs is 1. The summed E-state index contributed by atoms with van der Waals surface area (Å²) in [5.74, 6) is -1.17. The second kappa shape index (κ2) is 7.71. The number of aromatic carboxylic acids is 1. The highest BCUT2D eigenvalue weighted by Gasteiger charge is 2.35. The fourth-order valence-electron chi connectivity index (χ4n) is 2.62. The lowest BCUT2D eigenvalue weighted by Crippen LogP contribution is -2.35. The highest BCUT2D eigenvalue weighted by atomic mass is 32.2. The number of sulfonamides is 1. The van der Waals surface area contributed by atoms with Gasteiger partial charge in [-0.15, -0.1) is 11.3 Å². The zero-order valence-electron chi connectivity index (χ0n) is 13.3. The van der Waals surface area contributed by atoms with E-state index in [1.807, 2.05) is 6.92 Å². The minimum Gasteiger partial charge on any atom is -0.478 e. The lowest BCUT2D eigenvalue weighted by Gasteiger charge is -2.20. The molecule has 1 aromatic heterocycles. The first-order valence-corrected chi connectivity index (χ1v) is 9.76. The third-order valence-electron chi connectivity index (χ3n) is 3.70. The van der Waals surface area contributed by atoms with Crippen molar-refractivity contribution in [3.8, 4) is 0 Å². The number of carboxylic acids is 1. The molecule has 1 aromatic rings. The van der Waals surface area contributed by atoms with Crippen LogP contribution in [0.15, 0.2) is 4.21 Å². The van der Waals surface area contributed by atoms with Gasteiger partial charge in [0.1, 0.15) is 4.21 Å². The molecule has 0 unspecified atom stereocenters. The first-order chi connectivity index (χ1) is 10.9.